The highest BCUT2D eigenvalue weighted by atomic mass is 79.9. The molecule has 0 aliphatic heterocycles. The van der Waals surface area contributed by atoms with Crippen LogP contribution in [0.2, 0.25) is 0 Å². The van der Waals surface area contributed by atoms with Crippen molar-refractivity contribution in [2.24, 2.45) is 0 Å². The number of benzene rings is 2. The molecule has 0 bridgehead atoms. The maximum absolute atomic E-state index is 10.9. The highest BCUT2D eigenvalue weighted by Crippen LogP contribution is 2.32. The van der Waals surface area contributed by atoms with Gasteiger partial charge in [-0.1, -0.05) is 27.7 Å². The van der Waals surface area contributed by atoms with E-state index in [4.69, 9.17) is 5.11 Å². The van der Waals surface area contributed by atoms with Crippen molar-refractivity contribution in [2.45, 2.75) is 9.79 Å². The number of nitrogens with zero attached hydrogens (tertiary/aromatic N) is 1. The van der Waals surface area contributed by atoms with Crippen molar-refractivity contribution in [3.05, 3.63) is 62.6 Å². The van der Waals surface area contributed by atoms with Gasteiger partial charge in [0.05, 0.1) is 4.92 Å². The Bertz CT molecular complexity index is 673. The third kappa shape index (κ3) is 3.37. The van der Waals surface area contributed by atoms with E-state index in [-0.39, 0.29) is 5.56 Å². The van der Waals surface area contributed by atoms with Crippen LogP contribution < -0.4 is 0 Å². The normalized spacial score (nSPS) is 10.2. The number of carboxylic acid groups (broad SMARTS) is 1. The first-order chi connectivity index (χ1) is 9.47. The molecule has 0 atom stereocenters. The van der Waals surface area contributed by atoms with Crippen LogP contribution in [0.15, 0.2) is 56.7 Å². The lowest BCUT2D eigenvalue weighted by Crippen LogP contribution is -2.02. The minimum atomic E-state index is -1.31. The number of carboxylic acids is 1. The molecule has 0 spiro atoms. The molecule has 2 aromatic carbocycles. The van der Waals surface area contributed by atoms with Crippen LogP contribution in [-0.2, 0) is 0 Å². The Kier molecular flexibility index (Phi) is 4.41. The predicted octanol–water partition coefficient (Wildman–Crippen LogP) is 4.21. The maximum Gasteiger partial charge on any atom is 0.342 e. The molecular formula is C13H8BrNO4S. The maximum atomic E-state index is 10.9. The van der Waals surface area contributed by atoms with Crippen LogP contribution in [0.1, 0.15) is 10.4 Å². The molecule has 0 amide bonds. The molecule has 2 aromatic rings. The average molecular weight is 354 g/mol. The summed E-state index contributed by atoms with van der Waals surface area (Å²) >= 11 is 4.65. The molecule has 2 rings (SSSR count). The number of carbonyl (C=O) groups is 1. The zero-order valence-corrected chi connectivity index (χ0v) is 12.3. The molecule has 0 heterocycles. The monoisotopic (exact) mass is 353 g/mol. The standard InChI is InChI=1S/C13H8BrNO4S/c14-8-1-3-9(4-2-8)20-10-5-6-11(13(16)17)12(7-10)15(18)19/h1-7H,(H,16,17). The number of nitro benzene ring substituents is 1. The molecule has 5 nitrogen and oxygen atoms in total. The first-order valence-electron chi connectivity index (χ1n) is 5.42. The minimum Gasteiger partial charge on any atom is -0.477 e. The number of hydrogen-bond donors (Lipinski definition) is 1. The van der Waals surface area contributed by atoms with Gasteiger partial charge in [0.25, 0.3) is 5.69 Å². The van der Waals surface area contributed by atoms with Crippen molar-refractivity contribution in [1.29, 1.82) is 0 Å². The first-order valence-corrected chi connectivity index (χ1v) is 7.03. The summed E-state index contributed by atoms with van der Waals surface area (Å²) < 4.78 is 0.939. The third-order valence-electron chi connectivity index (χ3n) is 2.45. The van der Waals surface area contributed by atoms with Gasteiger partial charge in [-0.15, -0.1) is 0 Å². The van der Waals surface area contributed by atoms with Gasteiger partial charge in [0, 0.05) is 20.3 Å². The molecule has 102 valence electrons. The van der Waals surface area contributed by atoms with Gasteiger partial charge in [-0.2, -0.15) is 0 Å². The Morgan fingerprint density at radius 1 is 1.15 bits per heavy atom. The molecule has 0 aliphatic rings. The number of hydrogen-bond acceptors (Lipinski definition) is 4. The Morgan fingerprint density at radius 3 is 2.30 bits per heavy atom. The lowest BCUT2D eigenvalue weighted by Gasteiger charge is -2.04. The Balaban J connectivity index is 2.34. The van der Waals surface area contributed by atoms with Crippen molar-refractivity contribution in [2.75, 3.05) is 0 Å². The Morgan fingerprint density at radius 2 is 1.75 bits per heavy atom. The zero-order chi connectivity index (χ0) is 14.7. The fraction of sp³-hybridized carbons (Fsp3) is 0. The topological polar surface area (TPSA) is 80.4 Å². The molecule has 1 N–H and O–H groups in total. The molecule has 0 radical (unpaired) electrons. The lowest BCUT2D eigenvalue weighted by atomic mass is 10.2. The fourth-order valence-corrected chi connectivity index (χ4v) is 2.66. The summed E-state index contributed by atoms with van der Waals surface area (Å²) in [4.78, 5) is 22.7. The summed E-state index contributed by atoms with van der Waals surface area (Å²) in [6, 6.07) is 11.5. The van der Waals surface area contributed by atoms with E-state index in [0.29, 0.717) is 4.90 Å². The third-order valence-corrected chi connectivity index (χ3v) is 3.97. The van der Waals surface area contributed by atoms with Crippen molar-refractivity contribution in [3.63, 3.8) is 0 Å². The van der Waals surface area contributed by atoms with E-state index in [1.165, 1.54) is 23.9 Å². The highest BCUT2D eigenvalue weighted by molar-refractivity contribution is 9.10. The second kappa shape index (κ2) is 6.06. The zero-order valence-electron chi connectivity index (χ0n) is 9.95. The van der Waals surface area contributed by atoms with Crippen LogP contribution in [-0.4, -0.2) is 16.0 Å². The van der Waals surface area contributed by atoms with Crippen LogP contribution in [0.3, 0.4) is 0 Å². The summed E-state index contributed by atoms with van der Waals surface area (Å²) in [5.41, 5.74) is -0.713. The van der Waals surface area contributed by atoms with Gasteiger partial charge < -0.3 is 5.11 Å². The molecule has 0 unspecified atom stereocenters. The molecule has 0 saturated heterocycles. The van der Waals surface area contributed by atoms with Gasteiger partial charge in [-0.05, 0) is 36.4 Å². The van der Waals surface area contributed by atoms with Crippen LogP contribution in [0.4, 0.5) is 5.69 Å². The molecule has 7 heteroatoms. The van der Waals surface area contributed by atoms with Crippen LogP contribution >= 0.6 is 27.7 Å². The molecule has 0 aromatic heterocycles. The van der Waals surface area contributed by atoms with Gasteiger partial charge in [0.15, 0.2) is 0 Å². The molecule has 0 fully saturated rings. The van der Waals surface area contributed by atoms with Gasteiger partial charge in [-0.3, -0.25) is 10.1 Å². The summed E-state index contributed by atoms with van der Waals surface area (Å²) in [7, 11) is 0. The van der Waals surface area contributed by atoms with E-state index >= 15 is 0 Å². The van der Waals surface area contributed by atoms with Crippen molar-refractivity contribution in [1.82, 2.24) is 0 Å². The number of halogens is 1. The van der Waals surface area contributed by atoms with E-state index in [1.54, 1.807) is 6.07 Å². The number of aromatic carboxylic acids is 1. The fourth-order valence-electron chi connectivity index (χ4n) is 1.55. The van der Waals surface area contributed by atoms with Crippen LogP contribution in [0, 0.1) is 10.1 Å². The van der Waals surface area contributed by atoms with Gasteiger partial charge >= 0.3 is 5.97 Å². The quantitative estimate of drug-likeness (QED) is 0.657. The summed E-state index contributed by atoms with van der Waals surface area (Å²) in [6.45, 7) is 0. The predicted molar refractivity (Wildman–Crippen MR) is 78.3 cm³/mol. The van der Waals surface area contributed by atoms with Gasteiger partial charge in [-0.25, -0.2) is 4.79 Å². The molecule has 0 saturated carbocycles. The van der Waals surface area contributed by atoms with Crippen LogP contribution in [0.5, 0.6) is 0 Å². The van der Waals surface area contributed by atoms with Crippen molar-refractivity contribution in [3.8, 4) is 0 Å². The van der Waals surface area contributed by atoms with Crippen molar-refractivity contribution < 1.29 is 14.8 Å². The SMILES string of the molecule is O=C(O)c1ccc(Sc2ccc(Br)cc2)cc1[N+](=O)[O-]. The molecular weight excluding hydrogens is 346 g/mol. The molecule has 20 heavy (non-hydrogen) atoms. The number of nitro groups is 1. The minimum absolute atomic E-state index is 0.310. The Hall–Kier alpha value is -1.86. The van der Waals surface area contributed by atoms with Crippen molar-refractivity contribution >= 4 is 39.3 Å². The number of rotatable bonds is 4. The largest absolute Gasteiger partial charge is 0.477 e. The lowest BCUT2D eigenvalue weighted by molar-refractivity contribution is -0.385. The summed E-state index contributed by atoms with van der Waals surface area (Å²) in [5, 5.41) is 19.8. The second-order valence-electron chi connectivity index (χ2n) is 3.80. The highest BCUT2D eigenvalue weighted by Gasteiger charge is 2.20. The van der Waals surface area contributed by atoms with Gasteiger partial charge in [0.2, 0.25) is 0 Å². The van der Waals surface area contributed by atoms with E-state index < -0.39 is 16.6 Å². The summed E-state index contributed by atoms with van der Waals surface area (Å²) in [5.74, 6) is -1.31. The van der Waals surface area contributed by atoms with Gasteiger partial charge in [0.1, 0.15) is 5.56 Å². The smallest absolute Gasteiger partial charge is 0.342 e. The average Bonchev–Trinajstić information content (AvgIpc) is 2.41. The molecule has 0 aliphatic carbocycles. The van der Waals surface area contributed by atoms with Crippen LogP contribution in [0.25, 0.3) is 0 Å². The van der Waals surface area contributed by atoms with E-state index in [1.807, 2.05) is 24.3 Å². The first kappa shape index (κ1) is 14.5. The Labute approximate surface area is 126 Å². The second-order valence-corrected chi connectivity index (χ2v) is 5.86. The summed E-state index contributed by atoms with van der Waals surface area (Å²) in [6.07, 6.45) is 0. The van der Waals surface area contributed by atoms with E-state index in [9.17, 15) is 14.9 Å². The van der Waals surface area contributed by atoms with E-state index in [0.717, 1.165) is 9.37 Å². The van der Waals surface area contributed by atoms with E-state index in [2.05, 4.69) is 15.9 Å².